The molecule has 3 aromatic rings. The van der Waals surface area contributed by atoms with Gasteiger partial charge < -0.3 is 14.6 Å². The first-order chi connectivity index (χ1) is 11.7. The van der Waals surface area contributed by atoms with E-state index < -0.39 is 0 Å². The molecule has 1 N–H and O–H groups in total. The zero-order chi connectivity index (χ0) is 16.9. The van der Waals surface area contributed by atoms with Crippen LogP contribution < -0.4 is 10.1 Å². The molecule has 0 radical (unpaired) electrons. The summed E-state index contributed by atoms with van der Waals surface area (Å²) in [7, 11) is 1.56. The van der Waals surface area contributed by atoms with Crippen molar-refractivity contribution in [1.29, 1.82) is 0 Å². The number of nitrogens with zero attached hydrogens (tertiary/aromatic N) is 3. The highest BCUT2D eigenvalue weighted by Crippen LogP contribution is 2.28. The smallest absolute Gasteiger partial charge is 0.276 e. The fourth-order valence-electron chi connectivity index (χ4n) is 2.25. The molecule has 0 unspecified atom stereocenters. The summed E-state index contributed by atoms with van der Waals surface area (Å²) in [4.78, 5) is 20.1. The molecule has 124 valence electrons. The second kappa shape index (κ2) is 7.08. The van der Waals surface area contributed by atoms with Crippen LogP contribution in [0.15, 0.2) is 34.9 Å². The van der Waals surface area contributed by atoms with Gasteiger partial charge in [0.05, 0.1) is 13.0 Å². The van der Waals surface area contributed by atoms with Crippen LogP contribution in [-0.2, 0) is 11.2 Å². The zero-order valence-corrected chi connectivity index (χ0v) is 13.6. The number of amides is 1. The Hall–Kier alpha value is -2.96. The van der Waals surface area contributed by atoms with Gasteiger partial charge in [-0.1, -0.05) is 30.3 Å². The van der Waals surface area contributed by atoms with Crippen molar-refractivity contribution in [2.45, 2.75) is 19.8 Å². The summed E-state index contributed by atoms with van der Waals surface area (Å²) in [6.07, 6.45) is 0.948. The Morgan fingerprint density at radius 2 is 2.12 bits per heavy atom. The summed E-state index contributed by atoms with van der Waals surface area (Å²) in [5.74, 6) is 0.938. The number of hydrogen-bond donors (Lipinski definition) is 1. The highest BCUT2D eigenvalue weighted by Gasteiger charge is 2.15. The van der Waals surface area contributed by atoms with E-state index in [4.69, 9.17) is 9.26 Å². The minimum atomic E-state index is -0.180. The number of likely N-dealkylation sites (N-methyl/N-ethyl adjacent to an activating group) is 1. The van der Waals surface area contributed by atoms with E-state index in [1.54, 1.807) is 7.05 Å². The topological polar surface area (TPSA) is 90.1 Å². The number of pyridine rings is 1. The van der Waals surface area contributed by atoms with Gasteiger partial charge in [-0.25, -0.2) is 4.98 Å². The maximum absolute atomic E-state index is 11.4. The largest absolute Gasteiger partial charge is 0.477 e. The minimum absolute atomic E-state index is 0.0623. The Morgan fingerprint density at radius 1 is 1.29 bits per heavy atom. The van der Waals surface area contributed by atoms with Crippen LogP contribution >= 0.6 is 0 Å². The highest BCUT2D eigenvalue weighted by atomic mass is 16.5. The lowest BCUT2D eigenvalue weighted by Gasteiger charge is -2.08. The van der Waals surface area contributed by atoms with Crippen LogP contribution in [0.4, 0.5) is 0 Å². The maximum Gasteiger partial charge on any atom is 0.276 e. The lowest BCUT2D eigenvalue weighted by atomic mass is 10.1. The molecule has 1 amide bonds. The van der Waals surface area contributed by atoms with Crippen molar-refractivity contribution in [1.82, 2.24) is 20.4 Å². The van der Waals surface area contributed by atoms with Crippen molar-refractivity contribution in [3.8, 4) is 17.5 Å². The van der Waals surface area contributed by atoms with Gasteiger partial charge in [-0.2, -0.15) is 4.98 Å². The van der Waals surface area contributed by atoms with Crippen molar-refractivity contribution < 1.29 is 14.1 Å². The zero-order valence-electron chi connectivity index (χ0n) is 13.6. The summed E-state index contributed by atoms with van der Waals surface area (Å²) in [5.41, 5.74) is 0.524. The molecule has 1 aromatic carbocycles. The number of carbonyl (C=O) groups excluding carboxylic acids is 1. The van der Waals surface area contributed by atoms with Crippen molar-refractivity contribution in [3.63, 3.8) is 0 Å². The molecule has 24 heavy (non-hydrogen) atoms. The number of benzene rings is 1. The number of ether oxygens (including phenoxy) is 1. The average molecular weight is 326 g/mol. The lowest BCUT2D eigenvalue weighted by Crippen LogP contribution is -2.20. The molecular formula is C17H18N4O3. The summed E-state index contributed by atoms with van der Waals surface area (Å²) >= 11 is 0. The molecule has 7 heteroatoms. The SMILES string of the molecule is CCCOc1nc(-c2nc(CC(=O)NC)no2)cc2ccccc12. The fraction of sp³-hybridized carbons (Fsp3) is 0.294. The molecule has 0 saturated heterocycles. The first kappa shape index (κ1) is 15.9. The molecule has 2 heterocycles. The van der Waals surface area contributed by atoms with Gasteiger partial charge in [0, 0.05) is 12.4 Å². The summed E-state index contributed by atoms with van der Waals surface area (Å²) in [6, 6.07) is 9.69. The molecule has 0 aliphatic carbocycles. The number of nitrogens with one attached hydrogen (secondary N) is 1. The van der Waals surface area contributed by atoms with Crippen LogP contribution in [0.25, 0.3) is 22.4 Å². The molecule has 0 fully saturated rings. The number of rotatable bonds is 6. The molecule has 7 nitrogen and oxygen atoms in total. The monoisotopic (exact) mass is 326 g/mol. The van der Waals surface area contributed by atoms with Gasteiger partial charge in [-0.15, -0.1) is 0 Å². The fourth-order valence-corrected chi connectivity index (χ4v) is 2.25. The van der Waals surface area contributed by atoms with Gasteiger partial charge in [0.15, 0.2) is 5.82 Å². The van der Waals surface area contributed by atoms with Crippen LogP contribution in [0.1, 0.15) is 19.2 Å². The Bertz CT molecular complexity index is 860. The Balaban J connectivity index is 1.98. The van der Waals surface area contributed by atoms with E-state index in [1.807, 2.05) is 37.3 Å². The standard InChI is InChI=1S/C17H18N4O3/c1-3-8-23-16-12-7-5-4-6-11(12)9-13(19-16)17-20-14(21-24-17)10-15(22)18-2/h4-7,9H,3,8,10H2,1-2H3,(H,18,22). The van der Waals surface area contributed by atoms with Crippen LogP contribution in [0.2, 0.25) is 0 Å². The lowest BCUT2D eigenvalue weighted by molar-refractivity contribution is -0.120. The van der Waals surface area contributed by atoms with Crippen molar-refractivity contribution >= 4 is 16.7 Å². The van der Waals surface area contributed by atoms with Crippen LogP contribution in [-0.4, -0.2) is 34.7 Å². The summed E-state index contributed by atoms with van der Waals surface area (Å²) < 4.78 is 11.0. The van der Waals surface area contributed by atoms with Gasteiger partial charge in [-0.05, 0) is 23.9 Å². The quantitative estimate of drug-likeness (QED) is 0.748. The van der Waals surface area contributed by atoms with E-state index >= 15 is 0 Å². The normalized spacial score (nSPS) is 10.8. The first-order valence-electron chi connectivity index (χ1n) is 7.77. The van der Waals surface area contributed by atoms with Crippen molar-refractivity contribution in [3.05, 3.63) is 36.2 Å². The Morgan fingerprint density at radius 3 is 2.92 bits per heavy atom. The van der Waals surface area contributed by atoms with Gasteiger partial charge in [0.1, 0.15) is 5.69 Å². The predicted molar refractivity (Wildman–Crippen MR) is 88.6 cm³/mol. The number of aromatic nitrogens is 3. The predicted octanol–water partition coefficient (Wildman–Crippen LogP) is 2.36. The Labute approximate surface area is 139 Å². The molecule has 0 atom stereocenters. The molecule has 0 bridgehead atoms. The van der Waals surface area contributed by atoms with Crippen molar-refractivity contribution in [2.24, 2.45) is 0 Å². The van der Waals surface area contributed by atoms with Crippen LogP contribution in [0, 0.1) is 0 Å². The molecule has 0 aliphatic rings. The molecule has 3 rings (SSSR count). The molecule has 0 saturated carbocycles. The number of fused-ring (bicyclic) bond motifs is 1. The van der Waals surface area contributed by atoms with E-state index in [0.717, 1.165) is 17.2 Å². The minimum Gasteiger partial charge on any atom is -0.477 e. The van der Waals surface area contributed by atoms with E-state index in [0.29, 0.717) is 24.0 Å². The van der Waals surface area contributed by atoms with Gasteiger partial charge >= 0.3 is 0 Å². The third kappa shape index (κ3) is 3.34. The first-order valence-corrected chi connectivity index (χ1v) is 7.77. The number of carbonyl (C=O) groups is 1. The van der Waals surface area contributed by atoms with E-state index in [2.05, 4.69) is 20.4 Å². The van der Waals surface area contributed by atoms with E-state index in [9.17, 15) is 4.79 Å². The van der Waals surface area contributed by atoms with E-state index in [-0.39, 0.29) is 18.2 Å². The second-order valence-electron chi connectivity index (χ2n) is 5.25. The maximum atomic E-state index is 11.4. The van der Waals surface area contributed by atoms with Crippen LogP contribution in [0.3, 0.4) is 0 Å². The van der Waals surface area contributed by atoms with Crippen LogP contribution in [0.5, 0.6) is 5.88 Å². The molecule has 0 spiro atoms. The third-order valence-corrected chi connectivity index (χ3v) is 3.43. The Kier molecular flexibility index (Phi) is 4.69. The van der Waals surface area contributed by atoms with Gasteiger partial charge in [0.2, 0.25) is 11.8 Å². The van der Waals surface area contributed by atoms with E-state index in [1.165, 1.54) is 0 Å². The molecule has 0 aliphatic heterocycles. The summed E-state index contributed by atoms with van der Waals surface area (Å²) in [6.45, 7) is 2.61. The molecular weight excluding hydrogens is 308 g/mol. The average Bonchev–Trinajstić information content (AvgIpc) is 3.07. The number of hydrogen-bond acceptors (Lipinski definition) is 6. The van der Waals surface area contributed by atoms with Gasteiger partial charge in [0.25, 0.3) is 5.89 Å². The third-order valence-electron chi connectivity index (χ3n) is 3.43. The summed E-state index contributed by atoms with van der Waals surface area (Å²) in [5, 5.41) is 8.25. The molecule has 2 aromatic heterocycles. The second-order valence-corrected chi connectivity index (χ2v) is 5.25. The van der Waals surface area contributed by atoms with Gasteiger partial charge in [-0.3, -0.25) is 4.79 Å². The van der Waals surface area contributed by atoms with Crippen molar-refractivity contribution in [2.75, 3.05) is 13.7 Å². The highest BCUT2D eigenvalue weighted by molar-refractivity contribution is 5.89.